The summed E-state index contributed by atoms with van der Waals surface area (Å²) < 4.78 is 0. The van der Waals surface area contributed by atoms with Gasteiger partial charge in [0.05, 0.1) is 0 Å². The van der Waals surface area contributed by atoms with Crippen LogP contribution in [0.15, 0.2) is 24.3 Å². The van der Waals surface area contributed by atoms with Crippen LogP contribution in [0.25, 0.3) is 0 Å². The Morgan fingerprint density at radius 1 is 1.11 bits per heavy atom. The lowest BCUT2D eigenvalue weighted by Crippen LogP contribution is -2.47. The summed E-state index contributed by atoms with van der Waals surface area (Å²) in [6.07, 6.45) is 4.99. The van der Waals surface area contributed by atoms with Crippen molar-refractivity contribution in [2.75, 3.05) is 4.90 Å². The quantitative estimate of drug-likeness (QED) is 0.865. The van der Waals surface area contributed by atoms with Crippen molar-refractivity contribution in [3.63, 3.8) is 0 Å². The van der Waals surface area contributed by atoms with E-state index in [1.165, 1.54) is 36.9 Å². The van der Waals surface area contributed by atoms with Crippen LogP contribution in [0.1, 0.15) is 51.0 Å². The van der Waals surface area contributed by atoms with Crippen molar-refractivity contribution in [2.24, 2.45) is 5.73 Å². The summed E-state index contributed by atoms with van der Waals surface area (Å²) in [5, 5.41) is 0. The van der Waals surface area contributed by atoms with E-state index >= 15 is 0 Å². The van der Waals surface area contributed by atoms with Gasteiger partial charge in [0.15, 0.2) is 0 Å². The summed E-state index contributed by atoms with van der Waals surface area (Å²) in [6.45, 7) is 4.58. The Labute approximate surface area is 110 Å². The fraction of sp³-hybridized carbons (Fsp3) is 0.625. The number of fused-ring (bicyclic) bond motifs is 2. The molecule has 2 N–H and O–H groups in total. The molecule has 2 saturated heterocycles. The molecule has 2 heterocycles. The molecule has 2 aliphatic heterocycles. The van der Waals surface area contributed by atoms with Gasteiger partial charge in [-0.25, -0.2) is 0 Å². The van der Waals surface area contributed by atoms with Crippen molar-refractivity contribution in [3.05, 3.63) is 29.8 Å². The molecule has 1 aromatic carbocycles. The smallest absolute Gasteiger partial charge is 0.0406 e. The van der Waals surface area contributed by atoms with Gasteiger partial charge in [-0.05, 0) is 43.2 Å². The lowest BCUT2D eigenvalue weighted by atomic mass is 9.94. The topological polar surface area (TPSA) is 29.3 Å². The molecule has 0 spiro atoms. The summed E-state index contributed by atoms with van der Waals surface area (Å²) in [4.78, 5) is 2.68. The van der Waals surface area contributed by atoms with Crippen LogP contribution in [0, 0.1) is 0 Å². The molecular weight excluding hydrogens is 220 g/mol. The Morgan fingerprint density at radius 2 is 1.72 bits per heavy atom. The number of piperidine rings is 1. The molecule has 2 heteroatoms. The van der Waals surface area contributed by atoms with E-state index in [1.807, 2.05) is 0 Å². The van der Waals surface area contributed by atoms with Gasteiger partial charge in [-0.1, -0.05) is 32.0 Å². The fourth-order valence-electron chi connectivity index (χ4n) is 3.82. The third kappa shape index (κ3) is 1.93. The molecule has 2 unspecified atom stereocenters. The van der Waals surface area contributed by atoms with Gasteiger partial charge in [-0.15, -0.1) is 0 Å². The van der Waals surface area contributed by atoms with Crippen LogP contribution in [0.5, 0.6) is 0 Å². The third-order valence-corrected chi connectivity index (χ3v) is 4.61. The van der Waals surface area contributed by atoms with E-state index in [4.69, 9.17) is 5.73 Å². The second-order valence-electron chi connectivity index (χ2n) is 6.24. The second kappa shape index (κ2) is 4.58. The van der Waals surface area contributed by atoms with E-state index < -0.39 is 0 Å². The average molecular weight is 244 g/mol. The largest absolute Gasteiger partial charge is 0.365 e. The molecule has 0 aromatic heterocycles. The lowest BCUT2D eigenvalue weighted by molar-refractivity contribution is 0.413. The van der Waals surface area contributed by atoms with Gasteiger partial charge in [-0.2, -0.15) is 0 Å². The van der Waals surface area contributed by atoms with Crippen molar-refractivity contribution in [1.29, 1.82) is 0 Å². The maximum absolute atomic E-state index is 6.17. The van der Waals surface area contributed by atoms with Gasteiger partial charge in [0.1, 0.15) is 0 Å². The number of anilines is 1. The predicted molar refractivity (Wildman–Crippen MR) is 77.0 cm³/mol. The Bertz CT molecular complexity index is 413. The Morgan fingerprint density at radius 3 is 2.33 bits per heavy atom. The zero-order valence-corrected chi connectivity index (χ0v) is 11.5. The third-order valence-electron chi connectivity index (χ3n) is 4.61. The zero-order valence-electron chi connectivity index (χ0n) is 11.5. The average Bonchev–Trinajstić information content (AvgIpc) is 2.61. The van der Waals surface area contributed by atoms with Gasteiger partial charge in [-0.3, -0.25) is 0 Å². The number of nitrogens with two attached hydrogens (primary N) is 1. The monoisotopic (exact) mass is 244 g/mol. The molecule has 3 rings (SSSR count). The maximum atomic E-state index is 6.17. The maximum Gasteiger partial charge on any atom is 0.0406 e. The standard InChI is InChI=1S/C16H24N2/c1-11(2)15-5-3-4-6-16(15)18-13-7-8-14(18)10-12(17)9-13/h3-6,11-14H,7-10,17H2,1-2H3. The number of hydrogen-bond donors (Lipinski definition) is 1. The molecule has 18 heavy (non-hydrogen) atoms. The highest BCUT2D eigenvalue weighted by atomic mass is 15.2. The second-order valence-corrected chi connectivity index (χ2v) is 6.24. The molecule has 0 amide bonds. The molecule has 98 valence electrons. The predicted octanol–water partition coefficient (Wildman–Crippen LogP) is 3.27. The molecule has 0 radical (unpaired) electrons. The van der Waals surface area contributed by atoms with Crippen LogP contribution in [0.2, 0.25) is 0 Å². The van der Waals surface area contributed by atoms with Crippen LogP contribution >= 0.6 is 0 Å². The van der Waals surface area contributed by atoms with Gasteiger partial charge in [0.25, 0.3) is 0 Å². The highest BCUT2D eigenvalue weighted by Gasteiger charge is 2.40. The molecule has 2 bridgehead atoms. The number of para-hydroxylation sites is 1. The SMILES string of the molecule is CC(C)c1ccccc1N1C2CCC1CC(N)C2. The first-order chi connectivity index (χ1) is 8.66. The minimum Gasteiger partial charge on any atom is -0.365 e. The van der Waals surface area contributed by atoms with Gasteiger partial charge >= 0.3 is 0 Å². The van der Waals surface area contributed by atoms with Crippen molar-refractivity contribution in [1.82, 2.24) is 0 Å². The van der Waals surface area contributed by atoms with E-state index in [-0.39, 0.29) is 0 Å². The molecule has 1 aromatic rings. The van der Waals surface area contributed by atoms with Crippen molar-refractivity contribution in [3.8, 4) is 0 Å². The highest BCUT2D eigenvalue weighted by Crippen LogP contribution is 2.41. The summed E-state index contributed by atoms with van der Waals surface area (Å²) in [6, 6.07) is 10.7. The number of rotatable bonds is 2. The van der Waals surface area contributed by atoms with Crippen molar-refractivity contribution < 1.29 is 0 Å². The van der Waals surface area contributed by atoms with Crippen LogP contribution in [-0.2, 0) is 0 Å². The van der Waals surface area contributed by atoms with Crippen molar-refractivity contribution in [2.45, 2.75) is 63.6 Å². The molecule has 2 aliphatic rings. The van der Waals surface area contributed by atoms with Crippen LogP contribution in [0.4, 0.5) is 5.69 Å². The molecule has 2 fully saturated rings. The van der Waals surface area contributed by atoms with E-state index in [0.717, 1.165) is 0 Å². The minimum absolute atomic E-state index is 0.421. The highest BCUT2D eigenvalue weighted by molar-refractivity contribution is 5.58. The first-order valence-corrected chi connectivity index (χ1v) is 7.29. The molecule has 0 aliphatic carbocycles. The Balaban J connectivity index is 1.96. The summed E-state index contributed by atoms with van der Waals surface area (Å²) in [5.74, 6) is 0.594. The fourth-order valence-corrected chi connectivity index (χ4v) is 3.82. The minimum atomic E-state index is 0.421. The Hall–Kier alpha value is -1.02. The number of benzene rings is 1. The van der Waals surface area contributed by atoms with Crippen LogP contribution in [-0.4, -0.2) is 18.1 Å². The molecule has 2 nitrogen and oxygen atoms in total. The van der Waals surface area contributed by atoms with Crippen LogP contribution < -0.4 is 10.6 Å². The summed E-state index contributed by atoms with van der Waals surface area (Å²) >= 11 is 0. The van der Waals surface area contributed by atoms with Crippen molar-refractivity contribution >= 4 is 5.69 Å². The van der Waals surface area contributed by atoms with E-state index in [1.54, 1.807) is 0 Å². The van der Waals surface area contributed by atoms with Crippen LogP contribution in [0.3, 0.4) is 0 Å². The number of nitrogens with zero attached hydrogens (tertiary/aromatic N) is 1. The number of hydrogen-bond acceptors (Lipinski definition) is 2. The van der Waals surface area contributed by atoms with Gasteiger partial charge in [0, 0.05) is 23.8 Å². The van der Waals surface area contributed by atoms with Gasteiger partial charge < -0.3 is 10.6 Å². The first-order valence-electron chi connectivity index (χ1n) is 7.29. The normalized spacial score (nSPS) is 31.1. The molecule has 2 atom stereocenters. The molecule has 0 saturated carbocycles. The zero-order chi connectivity index (χ0) is 12.7. The van der Waals surface area contributed by atoms with E-state index in [0.29, 0.717) is 24.0 Å². The Kier molecular flexibility index (Phi) is 3.06. The van der Waals surface area contributed by atoms with Gasteiger partial charge in [0.2, 0.25) is 0 Å². The first kappa shape index (κ1) is 12.0. The summed E-state index contributed by atoms with van der Waals surface area (Å²) in [5.41, 5.74) is 9.12. The molecular formula is C16H24N2. The summed E-state index contributed by atoms with van der Waals surface area (Å²) in [7, 11) is 0. The van der Waals surface area contributed by atoms with E-state index in [9.17, 15) is 0 Å². The van der Waals surface area contributed by atoms with E-state index in [2.05, 4.69) is 43.0 Å². The lowest BCUT2D eigenvalue weighted by Gasteiger charge is -2.41.